The summed E-state index contributed by atoms with van der Waals surface area (Å²) in [5.41, 5.74) is 1.43. The van der Waals surface area contributed by atoms with Gasteiger partial charge in [0.25, 0.3) is 0 Å². The molecule has 24 heavy (non-hydrogen) atoms. The highest BCUT2D eigenvalue weighted by Gasteiger charge is 2.23. The lowest BCUT2D eigenvalue weighted by atomic mass is 9.97. The maximum absolute atomic E-state index is 12.6. The summed E-state index contributed by atoms with van der Waals surface area (Å²) in [6.07, 6.45) is 6.43. The van der Waals surface area contributed by atoms with Crippen molar-refractivity contribution in [1.82, 2.24) is 14.9 Å². The molecule has 4 nitrogen and oxygen atoms in total. The minimum absolute atomic E-state index is 0.181. The Bertz CT molecular complexity index is 731. The van der Waals surface area contributed by atoms with Crippen molar-refractivity contribution in [3.05, 3.63) is 16.8 Å². The second kappa shape index (κ2) is 7.40. The van der Waals surface area contributed by atoms with Crippen molar-refractivity contribution in [2.75, 3.05) is 5.75 Å². The van der Waals surface area contributed by atoms with Crippen molar-refractivity contribution in [2.24, 2.45) is 0 Å². The molecular formula is C18H25N3OS2. The van der Waals surface area contributed by atoms with Crippen LogP contribution in [0.4, 0.5) is 0 Å². The third-order valence-corrected chi connectivity index (χ3v) is 6.62. The highest BCUT2D eigenvalue weighted by atomic mass is 32.2. The first kappa shape index (κ1) is 17.7. The van der Waals surface area contributed by atoms with Gasteiger partial charge in [-0.25, -0.2) is 9.97 Å². The molecule has 1 amide bonds. The molecule has 1 aliphatic carbocycles. The SMILES string of the molecule is CC(C)N(C(=O)CSc1ncnc2sc3c(c12)CCCC3)C(C)C. The van der Waals surface area contributed by atoms with E-state index in [1.165, 1.54) is 28.7 Å². The van der Waals surface area contributed by atoms with Gasteiger partial charge < -0.3 is 4.90 Å². The molecule has 0 saturated heterocycles. The zero-order valence-corrected chi connectivity index (χ0v) is 16.5. The molecule has 2 aromatic rings. The fourth-order valence-corrected chi connectivity index (χ4v) is 5.74. The molecule has 130 valence electrons. The number of thioether (sulfide) groups is 1. The van der Waals surface area contributed by atoms with E-state index < -0.39 is 0 Å². The predicted octanol–water partition coefficient (Wildman–Crippen LogP) is 4.31. The molecule has 0 radical (unpaired) electrons. The Kier molecular flexibility index (Phi) is 5.45. The summed E-state index contributed by atoms with van der Waals surface area (Å²) < 4.78 is 0. The molecule has 2 heterocycles. The van der Waals surface area contributed by atoms with Gasteiger partial charge in [0.05, 0.1) is 5.75 Å². The molecule has 0 bridgehead atoms. The van der Waals surface area contributed by atoms with Crippen molar-refractivity contribution in [1.29, 1.82) is 0 Å². The average molecular weight is 364 g/mol. The lowest BCUT2D eigenvalue weighted by molar-refractivity contribution is -0.131. The van der Waals surface area contributed by atoms with E-state index in [4.69, 9.17) is 0 Å². The van der Waals surface area contributed by atoms with Gasteiger partial charge >= 0.3 is 0 Å². The van der Waals surface area contributed by atoms with E-state index in [9.17, 15) is 4.79 Å². The van der Waals surface area contributed by atoms with E-state index in [1.54, 1.807) is 29.4 Å². The van der Waals surface area contributed by atoms with Gasteiger partial charge in [0, 0.05) is 22.3 Å². The Hall–Kier alpha value is -1.14. The van der Waals surface area contributed by atoms with Gasteiger partial charge in [0.1, 0.15) is 16.2 Å². The van der Waals surface area contributed by atoms with E-state index in [1.807, 2.05) is 4.90 Å². The molecule has 6 heteroatoms. The van der Waals surface area contributed by atoms with Gasteiger partial charge in [0.15, 0.2) is 0 Å². The van der Waals surface area contributed by atoms with E-state index in [0.717, 1.165) is 22.7 Å². The van der Waals surface area contributed by atoms with Crippen LogP contribution in [0, 0.1) is 0 Å². The molecule has 0 fully saturated rings. The van der Waals surface area contributed by atoms with Gasteiger partial charge in [-0.2, -0.15) is 0 Å². The second-order valence-electron chi connectivity index (χ2n) is 6.85. The van der Waals surface area contributed by atoms with Gasteiger partial charge in [-0.05, 0) is 58.9 Å². The fourth-order valence-electron chi connectivity index (χ4n) is 3.55. The molecule has 0 saturated carbocycles. The van der Waals surface area contributed by atoms with Gasteiger partial charge in [0.2, 0.25) is 5.91 Å². The standard InChI is InChI=1S/C18H25N3OS2/c1-11(2)21(12(3)4)15(22)9-23-17-16-13-7-5-6-8-14(13)24-18(16)20-10-19-17/h10-12H,5-9H2,1-4H3. The van der Waals surface area contributed by atoms with Crippen molar-refractivity contribution < 1.29 is 4.79 Å². The van der Waals surface area contributed by atoms with E-state index in [-0.39, 0.29) is 18.0 Å². The highest BCUT2D eigenvalue weighted by molar-refractivity contribution is 8.00. The monoisotopic (exact) mass is 363 g/mol. The van der Waals surface area contributed by atoms with Crippen molar-refractivity contribution in [3.63, 3.8) is 0 Å². The molecule has 0 N–H and O–H groups in total. The smallest absolute Gasteiger partial charge is 0.233 e. The third-order valence-electron chi connectivity index (χ3n) is 4.45. The van der Waals surface area contributed by atoms with E-state index >= 15 is 0 Å². The first-order chi connectivity index (χ1) is 11.5. The van der Waals surface area contributed by atoms with Crippen LogP contribution in [0.15, 0.2) is 11.4 Å². The first-order valence-corrected chi connectivity index (χ1v) is 10.5. The molecule has 1 aliphatic rings. The molecule has 2 aromatic heterocycles. The lowest BCUT2D eigenvalue weighted by Gasteiger charge is -2.30. The maximum atomic E-state index is 12.6. The number of amides is 1. The van der Waals surface area contributed by atoms with Gasteiger partial charge in [-0.15, -0.1) is 11.3 Å². The summed E-state index contributed by atoms with van der Waals surface area (Å²) in [7, 11) is 0. The van der Waals surface area contributed by atoms with Crippen LogP contribution < -0.4 is 0 Å². The number of rotatable bonds is 5. The zero-order valence-electron chi connectivity index (χ0n) is 14.8. The van der Waals surface area contributed by atoms with Gasteiger partial charge in [-0.1, -0.05) is 11.8 Å². The van der Waals surface area contributed by atoms with Crippen molar-refractivity contribution >= 4 is 39.2 Å². The largest absolute Gasteiger partial charge is 0.337 e. The van der Waals surface area contributed by atoms with Crippen molar-refractivity contribution in [3.8, 4) is 0 Å². The van der Waals surface area contributed by atoms with Crippen molar-refractivity contribution in [2.45, 2.75) is 70.5 Å². The summed E-state index contributed by atoms with van der Waals surface area (Å²) in [4.78, 5) is 26.1. The van der Waals surface area contributed by atoms with Crippen LogP contribution >= 0.6 is 23.1 Å². The number of carbonyl (C=O) groups is 1. The molecule has 0 unspecified atom stereocenters. The first-order valence-electron chi connectivity index (χ1n) is 8.68. The Morgan fingerprint density at radius 1 is 1.21 bits per heavy atom. The van der Waals surface area contributed by atoms with E-state index in [2.05, 4.69) is 37.7 Å². The Morgan fingerprint density at radius 2 is 1.92 bits per heavy atom. The van der Waals surface area contributed by atoms with Crippen LogP contribution in [0.25, 0.3) is 10.2 Å². The van der Waals surface area contributed by atoms with Crippen LogP contribution in [0.3, 0.4) is 0 Å². The number of thiophene rings is 1. The van der Waals surface area contributed by atoms with Crippen LogP contribution in [-0.4, -0.2) is 38.6 Å². The predicted molar refractivity (Wildman–Crippen MR) is 102 cm³/mol. The maximum Gasteiger partial charge on any atom is 0.233 e. The normalized spacial score (nSPS) is 14.4. The minimum Gasteiger partial charge on any atom is -0.337 e. The van der Waals surface area contributed by atoms with Crippen LogP contribution in [0.5, 0.6) is 0 Å². The number of hydrogen-bond donors (Lipinski definition) is 0. The Balaban J connectivity index is 1.83. The summed E-state index contributed by atoms with van der Waals surface area (Å²) in [5.74, 6) is 0.619. The topological polar surface area (TPSA) is 46.1 Å². The Morgan fingerprint density at radius 3 is 2.62 bits per heavy atom. The van der Waals surface area contributed by atoms with E-state index in [0.29, 0.717) is 5.75 Å². The number of aromatic nitrogens is 2. The fraction of sp³-hybridized carbons (Fsp3) is 0.611. The molecule has 0 aliphatic heterocycles. The van der Waals surface area contributed by atoms with Gasteiger partial charge in [-0.3, -0.25) is 4.79 Å². The average Bonchev–Trinajstić information content (AvgIpc) is 2.91. The summed E-state index contributed by atoms with van der Waals surface area (Å²) in [6, 6.07) is 0.440. The highest BCUT2D eigenvalue weighted by Crippen LogP contribution is 2.39. The summed E-state index contributed by atoms with van der Waals surface area (Å²) in [5, 5.41) is 2.18. The number of fused-ring (bicyclic) bond motifs is 3. The summed E-state index contributed by atoms with van der Waals surface area (Å²) >= 11 is 3.37. The second-order valence-corrected chi connectivity index (χ2v) is 8.89. The van der Waals surface area contributed by atoms with Crippen LogP contribution in [0.2, 0.25) is 0 Å². The quantitative estimate of drug-likeness (QED) is 0.587. The number of carbonyl (C=O) groups excluding carboxylic acids is 1. The molecule has 0 aromatic carbocycles. The Labute approximate surface area is 152 Å². The van der Waals surface area contributed by atoms with Crippen LogP contribution in [0.1, 0.15) is 51.0 Å². The number of aryl methyl sites for hydroxylation is 2. The zero-order chi connectivity index (χ0) is 17.3. The summed E-state index contributed by atoms with van der Waals surface area (Å²) in [6.45, 7) is 8.28. The number of hydrogen-bond acceptors (Lipinski definition) is 5. The molecule has 0 atom stereocenters. The molecule has 0 spiro atoms. The third kappa shape index (κ3) is 3.45. The number of nitrogens with zero attached hydrogens (tertiary/aromatic N) is 3. The molecular weight excluding hydrogens is 338 g/mol. The lowest BCUT2D eigenvalue weighted by Crippen LogP contribution is -2.43. The molecule has 3 rings (SSSR count). The minimum atomic E-state index is 0.181. The van der Waals surface area contributed by atoms with Crippen LogP contribution in [-0.2, 0) is 17.6 Å².